The number of benzene rings is 2. The van der Waals surface area contributed by atoms with Gasteiger partial charge >= 0.3 is 5.97 Å². The van der Waals surface area contributed by atoms with Crippen LogP contribution in [-0.2, 0) is 0 Å². The first-order valence-electron chi connectivity index (χ1n) is 5.58. The van der Waals surface area contributed by atoms with Gasteiger partial charge in [-0.3, -0.25) is 4.79 Å². The van der Waals surface area contributed by atoms with E-state index in [1.165, 1.54) is 30.3 Å². The lowest BCUT2D eigenvalue weighted by atomic mass is 10.1. The van der Waals surface area contributed by atoms with E-state index in [1.807, 2.05) is 0 Å². The highest BCUT2D eigenvalue weighted by Gasteiger charge is 2.16. The smallest absolute Gasteiger partial charge is 0.337 e. The quantitative estimate of drug-likeness (QED) is 0.911. The lowest BCUT2D eigenvalue weighted by Crippen LogP contribution is -2.16. The van der Waals surface area contributed by atoms with Crippen molar-refractivity contribution >= 4 is 29.2 Å². The van der Waals surface area contributed by atoms with Crippen molar-refractivity contribution in [2.45, 2.75) is 0 Å². The zero-order valence-electron chi connectivity index (χ0n) is 10.1. The fraction of sp³-hybridized carbons (Fsp3) is 0. The number of nitrogens with one attached hydrogen (secondary N) is 1. The average Bonchev–Trinajstić information content (AvgIpc) is 2.41. The number of carbonyl (C=O) groups excluding carboxylic acids is 1. The van der Waals surface area contributed by atoms with E-state index in [0.29, 0.717) is 0 Å². The summed E-state index contributed by atoms with van der Waals surface area (Å²) in [6, 6.07) is 9.42. The maximum absolute atomic E-state index is 13.5. The van der Waals surface area contributed by atoms with Crippen LogP contribution in [0.3, 0.4) is 0 Å². The van der Waals surface area contributed by atoms with E-state index in [2.05, 4.69) is 5.32 Å². The van der Waals surface area contributed by atoms with Crippen molar-refractivity contribution in [1.82, 2.24) is 0 Å². The first-order chi connectivity index (χ1) is 9.49. The van der Waals surface area contributed by atoms with Gasteiger partial charge in [0.15, 0.2) is 0 Å². The minimum Gasteiger partial charge on any atom is -0.478 e. The van der Waals surface area contributed by atoms with Gasteiger partial charge in [-0.1, -0.05) is 23.7 Å². The molecule has 0 fully saturated rings. The number of anilines is 1. The number of carboxylic acid groups (broad SMARTS) is 1. The molecule has 0 aliphatic heterocycles. The molecule has 0 saturated heterocycles. The van der Waals surface area contributed by atoms with Crippen LogP contribution in [0.4, 0.5) is 10.1 Å². The number of hydrogen-bond acceptors (Lipinski definition) is 2. The highest BCUT2D eigenvalue weighted by Crippen LogP contribution is 2.19. The molecule has 0 saturated carbocycles. The molecular formula is C14H9ClFNO3. The second kappa shape index (κ2) is 5.71. The summed E-state index contributed by atoms with van der Waals surface area (Å²) < 4.78 is 13.5. The Kier molecular flexibility index (Phi) is 4.00. The van der Waals surface area contributed by atoms with Gasteiger partial charge in [0.2, 0.25) is 0 Å². The Hall–Kier alpha value is -2.40. The van der Waals surface area contributed by atoms with Gasteiger partial charge in [-0.15, -0.1) is 0 Å². The molecule has 2 rings (SSSR count). The maximum Gasteiger partial charge on any atom is 0.337 e. The molecule has 2 aromatic carbocycles. The molecule has 20 heavy (non-hydrogen) atoms. The van der Waals surface area contributed by atoms with Crippen molar-refractivity contribution in [3.05, 3.63) is 64.4 Å². The Morgan fingerprint density at radius 2 is 1.80 bits per heavy atom. The van der Waals surface area contributed by atoms with Gasteiger partial charge in [-0.2, -0.15) is 0 Å². The molecule has 0 radical (unpaired) electrons. The van der Waals surface area contributed by atoms with Crippen LogP contribution in [0.15, 0.2) is 42.5 Å². The topological polar surface area (TPSA) is 66.4 Å². The maximum atomic E-state index is 13.5. The Morgan fingerprint density at radius 3 is 2.50 bits per heavy atom. The highest BCUT2D eigenvalue weighted by atomic mass is 35.5. The molecule has 0 heterocycles. The van der Waals surface area contributed by atoms with Crippen molar-refractivity contribution in [1.29, 1.82) is 0 Å². The molecule has 6 heteroatoms. The molecule has 0 unspecified atom stereocenters. The van der Waals surface area contributed by atoms with Crippen LogP contribution in [-0.4, -0.2) is 17.0 Å². The number of carbonyl (C=O) groups is 2. The van der Waals surface area contributed by atoms with Gasteiger partial charge in [0.05, 0.1) is 16.8 Å². The molecule has 4 nitrogen and oxygen atoms in total. The SMILES string of the molecule is O=C(Nc1ccccc1C(=O)O)c1cc(Cl)ccc1F. The highest BCUT2D eigenvalue weighted by molar-refractivity contribution is 6.31. The molecule has 0 bridgehead atoms. The molecule has 0 aromatic heterocycles. The normalized spacial score (nSPS) is 10.1. The molecule has 2 aromatic rings. The lowest BCUT2D eigenvalue weighted by molar-refractivity contribution is 0.0698. The second-order valence-corrected chi connectivity index (χ2v) is 4.37. The van der Waals surface area contributed by atoms with Gasteiger partial charge in [-0.05, 0) is 30.3 Å². The fourth-order valence-corrected chi connectivity index (χ4v) is 1.81. The van der Waals surface area contributed by atoms with E-state index < -0.39 is 17.7 Å². The van der Waals surface area contributed by atoms with Crippen molar-refractivity contribution in [2.75, 3.05) is 5.32 Å². The molecule has 0 atom stereocenters. The Bertz CT molecular complexity index is 688. The predicted octanol–water partition coefficient (Wildman–Crippen LogP) is 3.43. The van der Waals surface area contributed by atoms with E-state index in [0.717, 1.165) is 6.07 Å². The first kappa shape index (κ1) is 14.0. The summed E-state index contributed by atoms with van der Waals surface area (Å²) in [5, 5.41) is 11.6. The van der Waals surface area contributed by atoms with Gasteiger partial charge in [0.25, 0.3) is 5.91 Å². The molecule has 0 spiro atoms. The number of halogens is 2. The number of rotatable bonds is 3. The van der Waals surface area contributed by atoms with Gasteiger partial charge < -0.3 is 10.4 Å². The fourth-order valence-electron chi connectivity index (χ4n) is 1.64. The van der Waals surface area contributed by atoms with Crippen LogP contribution in [0.2, 0.25) is 5.02 Å². The van der Waals surface area contributed by atoms with Gasteiger partial charge in [0, 0.05) is 5.02 Å². The largest absolute Gasteiger partial charge is 0.478 e. The van der Waals surface area contributed by atoms with Crippen LogP contribution in [0.5, 0.6) is 0 Å². The van der Waals surface area contributed by atoms with Crippen molar-refractivity contribution in [3.8, 4) is 0 Å². The number of carboxylic acids is 1. The minimum atomic E-state index is -1.19. The van der Waals surface area contributed by atoms with E-state index in [4.69, 9.17) is 16.7 Å². The number of para-hydroxylation sites is 1. The number of aromatic carboxylic acids is 1. The van der Waals surface area contributed by atoms with E-state index in [-0.39, 0.29) is 21.8 Å². The third-order valence-electron chi connectivity index (χ3n) is 2.58. The second-order valence-electron chi connectivity index (χ2n) is 3.93. The monoisotopic (exact) mass is 293 g/mol. The molecular weight excluding hydrogens is 285 g/mol. The summed E-state index contributed by atoms with van der Waals surface area (Å²) in [7, 11) is 0. The Labute approximate surface area is 118 Å². The van der Waals surface area contributed by atoms with Gasteiger partial charge in [-0.25, -0.2) is 9.18 Å². The lowest BCUT2D eigenvalue weighted by Gasteiger charge is -2.09. The molecule has 2 N–H and O–H groups in total. The molecule has 0 aliphatic rings. The van der Waals surface area contributed by atoms with Crippen molar-refractivity contribution in [3.63, 3.8) is 0 Å². The third kappa shape index (κ3) is 2.95. The summed E-state index contributed by atoms with van der Waals surface area (Å²) in [5.41, 5.74) is -0.245. The van der Waals surface area contributed by atoms with Crippen LogP contribution in [0.1, 0.15) is 20.7 Å². The van der Waals surface area contributed by atoms with Crippen LogP contribution in [0, 0.1) is 5.82 Å². The Balaban J connectivity index is 2.33. The predicted molar refractivity (Wildman–Crippen MR) is 72.8 cm³/mol. The first-order valence-corrected chi connectivity index (χ1v) is 5.95. The summed E-state index contributed by atoms with van der Waals surface area (Å²) in [6.07, 6.45) is 0. The van der Waals surface area contributed by atoms with Crippen molar-refractivity contribution in [2.24, 2.45) is 0 Å². The standard InChI is InChI=1S/C14H9ClFNO3/c15-8-5-6-11(16)10(7-8)13(18)17-12-4-2-1-3-9(12)14(19)20/h1-7H,(H,17,18)(H,19,20). The molecule has 102 valence electrons. The van der Waals surface area contributed by atoms with E-state index in [1.54, 1.807) is 6.07 Å². The summed E-state index contributed by atoms with van der Waals surface area (Å²) in [6.45, 7) is 0. The third-order valence-corrected chi connectivity index (χ3v) is 2.81. The van der Waals surface area contributed by atoms with Crippen LogP contribution >= 0.6 is 11.6 Å². The molecule has 1 amide bonds. The average molecular weight is 294 g/mol. The minimum absolute atomic E-state index is 0.0803. The number of hydrogen-bond donors (Lipinski definition) is 2. The summed E-state index contributed by atoms with van der Waals surface area (Å²) in [4.78, 5) is 23.0. The zero-order chi connectivity index (χ0) is 14.7. The van der Waals surface area contributed by atoms with E-state index >= 15 is 0 Å². The van der Waals surface area contributed by atoms with Gasteiger partial charge in [0.1, 0.15) is 5.82 Å². The van der Waals surface area contributed by atoms with Crippen LogP contribution < -0.4 is 5.32 Å². The van der Waals surface area contributed by atoms with Crippen LogP contribution in [0.25, 0.3) is 0 Å². The molecule has 0 aliphatic carbocycles. The van der Waals surface area contributed by atoms with E-state index in [9.17, 15) is 14.0 Å². The zero-order valence-corrected chi connectivity index (χ0v) is 10.8. The van der Waals surface area contributed by atoms with Crippen molar-refractivity contribution < 1.29 is 19.1 Å². The Morgan fingerprint density at radius 1 is 1.10 bits per heavy atom. The summed E-state index contributed by atoms with van der Waals surface area (Å²) >= 11 is 5.70. The summed E-state index contributed by atoms with van der Waals surface area (Å²) in [5.74, 6) is -2.69. The number of amides is 1.